The van der Waals surface area contributed by atoms with Crippen molar-refractivity contribution in [2.24, 2.45) is 5.92 Å². The van der Waals surface area contributed by atoms with Gasteiger partial charge in [0.2, 0.25) is 5.91 Å². The molecule has 1 saturated heterocycles. The number of nitrogens with one attached hydrogen (secondary N) is 1. The van der Waals surface area contributed by atoms with Gasteiger partial charge in [0.05, 0.1) is 7.11 Å². The average molecular weight is 362 g/mol. The van der Waals surface area contributed by atoms with Crippen LogP contribution in [0.1, 0.15) is 44.1 Å². The van der Waals surface area contributed by atoms with E-state index in [1.54, 1.807) is 6.07 Å². The van der Waals surface area contributed by atoms with Crippen LogP contribution in [0.2, 0.25) is 0 Å². The van der Waals surface area contributed by atoms with Crippen LogP contribution in [-0.2, 0) is 20.9 Å². The molecule has 5 nitrogen and oxygen atoms in total. The molecule has 1 amide bonds. The number of halogens is 1. The van der Waals surface area contributed by atoms with Crippen LogP contribution in [0.25, 0.3) is 0 Å². The Labute approximate surface area is 153 Å². The topological polar surface area (TPSA) is 58.6 Å². The highest BCUT2D eigenvalue weighted by molar-refractivity contribution is 5.80. The van der Waals surface area contributed by atoms with Gasteiger partial charge in [0, 0.05) is 25.0 Å². The summed E-state index contributed by atoms with van der Waals surface area (Å²) in [5.74, 6) is -0.405. The Kier molecular flexibility index (Phi) is 6.25. The maximum absolute atomic E-state index is 13.5. The molecule has 0 unspecified atom stereocenters. The quantitative estimate of drug-likeness (QED) is 0.818. The van der Waals surface area contributed by atoms with E-state index in [0.29, 0.717) is 19.5 Å². The second-order valence-corrected chi connectivity index (χ2v) is 7.37. The van der Waals surface area contributed by atoms with Crippen LogP contribution in [0.15, 0.2) is 24.3 Å². The van der Waals surface area contributed by atoms with Gasteiger partial charge < -0.3 is 10.1 Å². The largest absolute Gasteiger partial charge is 0.468 e. The summed E-state index contributed by atoms with van der Waals surface area (Å²) < 4.78 is 18.4. The van der Waals surface area contributed by atoms with Crippen molar-refractivity contribution in [3.8, 4) is 0 Å². The van der Waals surface area contributed by atoms with Gasteiger partial charge in [-0.3, -0.25) is 14.5 Å². The Morgan fingerprint density at radius 1 is 1.27 bits per heavy atom. The molecule has 0 spiro atoms. The molecule has 3 rings (SSSR count). The molecule has 1 saturated carbocycles. The maximum atomic E-state index is 13.5. The molecule has 26 heavy (non-hydrogen) atoms. The van der Waals surface area contributed by atoms with Crippen molar-refractivity contribution in [2.75, 3.05) is 13.7 Å². The molecule has 0 bridgehead atoms. The zero-order chi connectivity index (χ0) is 18.5. The Bertz CT molecular complexity index is 646. The van der Waals surface area contributed by atoms with E-state index >= 15 is 0 Å². The highest BCUT2D eigenvalue weighted by Crippen LogP contribution is 2.26. The molecule has 1 N–H and O–H groups in total. The second-order valence-electron chi connectivity index (χ2n) is 7.37. The fraction of sp³-hybridized carbons (Fsp3) is 0.600. The summed E-state index contributed by atoms with van der Waals surface area (Å²) in [6, 6.07) is 5.88. The van der Waals surface area contributed by atoms with E-state index in [9.17, 15) is 14.0 Å². The maximum Gasteiger partial charge on any atom is 0.323 e. The van der Waals surface area contributed by atoms with Crippen LogP contribution in [0.3, 0.4) is 0 Å². The van der Waals surface area contributed by atoms with E-state index < -0.39 is 6.04 Å². The van der Waals surface area contributed by atoms with Gasteiger partial charge in [0.15, 0.2) is 0 Å². The lowest BCUT2D eigenvalue weighted by Gasteiger charge is -2.23. The van der Waals surface area contributed by atoms with E-state index in [4.69, 9.17) is 4.74 Å². The fourth-order valence-electron chi connectivity index (χ4n) is 4.12. The van der Waals surface area contributed by atoms with E-state index in [0.717, 1.165) is 31.2 Å². The van der Waals surface area contributed by atoms with Crippen molar-refractivity contribution in [3.05, 3.63) is 35.6 Å². The Morgan fingerprint density at radius 2 is 2.04 bits per heavy atom. The summed E-state index contributed by atoms with van der Waals surface area (Å²) in [7, 11) is 1.37. The number of esters is 1. The highest BCUT2D eigenvalue weighted by Gasteiger charge is 2.38. The van der Waals surface area contributed by atoms with Crippen LogP contribution in [-0.4, -0.2) is 42.5 Å². The molecule has 1 aliphatic carbocycles. The number of rotatable bonds is 5. The van der Waals surface area contributed by atoms with Gasteiger partial charge in [0.25, 0.3) is 0 Å². The number of amides is 1. The predicted octanol–water partition coefficient (Wildman–Crippen LogP) is 2.64. The van der Waals surface area contributed by atoms with E-state index in [-0.39, 0.29) is 29.7 Å². The lowest BCUT2D eigenvalue weighted by molar-refractivity contribution is -0.146. The minimum Gasteiger partial charge on any atom is -0.468 e. The van der Waals surface area contributed by atoms with E-state index in [1.807, 2.05) is 11.0 Å². The second kappa shape index (κ2) is 8.62. The third kappa shape index (κ3) is 4.61. The van der Waals surface area contributed by atoms with Crippen molar-refractivity contribution < 1.29 is 18.7 Å². The minimum atomic E-state index is -0.417. The number of nitrogens with zero attached hydrogens (tertiary/aromatic N) is 1. The highest BCUT2D eigenvalue weighted by atomic mass is 19.1. The lowest BCUT2D eigenvalue weighted by atomic mass is 9.88. The van der Waals surface area contributed by atoms with Crippen molar-refractivity contribution in [3.63, 3.8) is 0 Å². The summed E-state index contributed by atoms with van der Waals surface area (Å²) >= 11 is 0. The first-order valence-corrected chi connectivity index (χ1v) is 9.43. The van der Waals surface area contributed by atoms with Gasteiger partial charge in [0.1, 0.15) is 11.9 Å². The molecule has 2 atom stereocenters. The SMILES string of the molecule is COC(=O)[C@@H]1C[C@H](NC(=O)C2CCCCC2)CN1Cc1cccc(F)c1. The lowest BCUT2D eigenvalue weighted by Crippen LogP contribution is -2.41. The number of hydrogen-bond donors (Lipinski definition) is 1. The first-order chi connectivity index (χ1) is 12.6. The van der Waals surface area contributed by atoms with Crippen molar-refractivity contribution in [1.29, 1.82) is 0 Å². The molecule has 0 radical (unpaired) electrons. The smallest absolute Gasteiger partial charge is 0.323 e. The van der Waals surface area contributed by atoms with Crippen molar-refractivity contribution in [1.82, 2.24) is 10.2 Å². The normalized spacial score (nSPS) is 24.4. The number of ether oxygens (including phenoxy) is 1. The predicted molar refractivity (Wildman–Crippen MR) is 95.7 cm³/mol. The summed E-state index contributed by atoms with van der Waals surface area (Å²) in [6.07, 6.45) is 5.86. The van der Waals surface area contributed by atoms with Crippen LogP contribution < -0.4 is 5.32 Å². The third-order valence-electron chi connectivity index (χ3n) is 5.47. The van der Waals surface area contributed by atoms with E-state index in [1.165, 1.54) is 25.7 Å². The summed E-state index contributed by atoms with van der Waals surface area (Å²) in [6.45, 7) is 1.02. The Hall–Kier alpha value is -1.95. The molecule has 1 aromatic rings. The summed E-state index contributed by atoms with van der Waals surface area (Å²) in [5.41, 5.74) is 0.804. The third-order valence-corrected chi connectivity index (χ3v) is 5.47. The number of carbonyl (C=O) groups excluding carboxylic acids is 2. The van der Waals surface area contributed by atoms with Crippen LogP contribution in [0.5, 0.6) is 0 Å². The van der Waals surface area contributed by atoms with Crippen LogP contribution in [0, 0.1) is 11.7 Å². The molecule has 142 valence electrons. The molecule has 6 heteroatoms. The van der Waals surface area contributed by atoms with Gasteiger partial charge in [-0.25, -0.2) is 4.39 Å². The number of carbonyl (C=O) groups is 2. The molecule has 1 aliphatic heterocycles. The number of hydrogen-bond acceptors (Lipinski definition) is 4. The number of likely N-dealkylation sites (tertiary alicyclic amines) is 1. The van der Waals surface area contributed by atoms with Gasteiger partial charge in [-0.15, -0.1) is 0 Å². The average Bonchev–Trinajstić information content (AvgIpc) is 3.04. The zero-order valence-electron chi connectivity index (χ0n) is 15.2. The van der Waals surface area contributed by atoms with Crippen LogP contribution >= 0.6 is 0 Å². The van der Waals surface area contributed by atoms with Gasteiger partial charge in [-0.1, -0.05) is 31.4 Å². The van der Waals surface area contributed by atoms with Gasteiger partial charge in [-0.2, -0.15) is 0 Å². The van der Waals surface area contributed by atoms with Crippen molar-refractivity contribution >= 4 is 11.9 Å². The molecule has 2 fully saturated rings. The number of methoxy groups -OCH3 is 1. The molecular formula is C20H27FN2O3. The molecule has 0 aromatic heterocycles. The molecular weight excluding hydrogens is 335 g/mol. The Morgan fingerprint density at radius 3 is 2.73 bits per heavy atom. The summed E-state index contributed by atoms with van der Waals surface area (Å²) in [4.78, 5) is 26.6. The first-order valence-electron chi connectivity index (χ1n) is 9.43. The molecule has 2 aliphatic rings. The standard InChI is InChI=1S/C20H27FN2O3/c1-26-20(25)18-11-17(22-19(24)15-7-3-2-4-8-15)13-23(18)12-14-6-5-9-16(21)10-14/h5-6,9-10,15,17-18H,2-4,7-8,11-13H2,1H3,(H,22,24)/t17-,18-/m0/s1. The first kappa shape index (κ1) is 18.8. The van der Waals surface area contributed by atoms with Crippen molar-refractivity contribution in [2.45, 2.75) is 57.2 Å². The van der Waals surface area contributed by atoms with Gasteiger partial charge in [-0.05, 0) is 37.0 Å². The Balaban J connectivity index is 1.64. The monoisotopic (exact) mass is 362 g/mol. The fourth-order valence-corrected chi connectivity index (χ4v) is 4.12. The van der Waals surface area contributed by atoms with Crippen LogP contribution in [0.4, 0.5) is 4.39 Å². The molecule has 1 heterocycles. The minimum absolute atomic E-state index is 0.0814. The summed E-state index contributed by atoms with van der Waals surface area (Å²) in [5, 5.41) is 3.12. The van der Waals surface area contributed by atoms with E-state index in [2.05, 4.69) is 5.32 Å². The van der Waals surface area contributed by atoms with Gasteiger partial charge >= 0.3 is 5.97 Å². The zero-order valence-corrected chi connectivity index (χ0v) is 15.2. The number of benzene rings is 1. The molecule has 1 aromatic carbocycles.